The van der Waals surface area contributed by atoms with E-state index in [0.29, 0.717) is 0 Å². The number of esters is 1. The Kier molecular flexibility index (Phi) is 1.26. The van der Waals surface area contributed by atoms with E-state index in [1.165, 1.54) is 0 Å². The van der Waals surface area contributed by atoms with Gasteiger partial charge in [0.15, 0.2) is 0 Å². The first kappa shape index (κ1) is 5.24. The van der Waals surface area contributed by atoms with Crippen molar-refractivity contribution in [1.29, 1.82) is 0 Å². The van der Waals surface area contributed by atoms with Gasteiger partial charge in [0.25, 0.3) is 0 Å². The van der Waals surface area contributed by atoms with E-state index < -0.39 is 12.2 Å². The maximum Gasteiger partial charge on any atom is 0.351 e. The van der Waals surface area contributed by atoms with Crippen LogP contribution in [0.4, 0.5) is 0 Å². The molecule has 1 rings (SSSR count). The number of cyclic esters (lactones) is 1. The maximum atomic E-state index is 10.2. The summed E-state index contributed by atoms with van der Waals surface area (Å²) < 4.78 is 4.52. The molecule has 0 aliphatic carbocycles. The van der Waals surface area contributed by atoms with Gasteiger partial charge in [-0.25, -0.2) is 9.79 Å². The largest absolute Gasteiger partial charge is 0.434 e. The topological polar surface area (TPSA) is 64.7 Å². The minimum absolute atomic E-state index is 0.266. The Morgan fingerprint density at radius 3 is 3.00 bits per heavy atom. The zero-order chi connectivity index (χ0) is 5.98. The highest BCUT2D eigenvalue weighted by molar-refractivity contribution is 6.24. The number of aliphatic imine (C=N–C) groups is 1. The molecule has 1 atom stereocenters. The van der Waals surface area contributed by atoms with E-state index in [1.807, 2.05) is 0 Å². The van der Waals surface area contributed by atoms with Crippen LogP contribution in [-0.2, 0) is 9.53 Å². The maximum absolute atomic E-state index is 10.2. The lowest BCUT2D eigenvalue weighted by Gasteiger charge is -1.99. The number of rotatable bonds is 1. The van der Waals surface area contributed by atoms with Crippen LogP contribution in [0.5, 0.6) is 0 Å². The van der Waals surface area contributed by atoms with Gasteiger partial charge in [-0.15, -0.1) is 0 Å². The zero-order valence-corrected chi connectivity index (χ0v) is 4.20. The summed E-state index contributed by atoms with van der Waals surface area (Å²) in [5.41, 5.74) is 5.11. The lowest BCUT2D eigenvalue weighted by atomic mass is 10.6. The standard InChI is InChI=1S/C4H6N2O2/c5-1-3-6-2-4(7)8-3/h2-3H,1,5H2. The van der Waals surface area contributed by atoms with Gasteiger partial charge in [-0.3, -0.25) is 0 Å². The summed E-state index contributed by atoms with van der Waals surface area (Å²) in [6, 6.07) is 0. The fourth-order valence-corrected chi connectivity index (χ4v) is 0.448. The number of nitrogens with two attached hydrogens (primary N) is 1. The van der Waals surface area contributed by atoms with Gasteiger partial charge in [0.1, 0.15) is 6.21 Å². The van der Waals surface area contributed by atoms with Crippen molar-refractivity contribution >= 4 is 12.2 Å². The molecule has 0 amide bonds. The Bertz CT molecular complexity index is 132. The summed E-state index contributed by atoms with van der Waals surface area (Å²) in [6.45, 7) is 0.266. The van der Waals surface area contributed by atoms with E-state index in [1.54, 1.807) is 0 Å². The fourth-order valence-electron chi connectivity index (χ4n) is 0.448. The summed E-state index contributed by atoms with van der Waals surface area (Å²) in [5, 5.41) is 0. The van der Waals surface area contributed by atoms with E-state index in [2.05, 4.69) is 9.73 Å². The molecule has 0 saturated heterocycles. The molecule has 2 N–H and O–H groups in total. The first-order chi connectivity index (χ1) is 3.83. The highest BCUT2D eigenvalue weighted by Crippen LogP contribution is 1.96. The summed E-state index contributed by atoms with van der Waals surface area (Å²) >= 11 is 0. The van der Waals surface area contributed by atoms with Crippen molar-refractivity contribution in [3.63, 3.8) is 0 Å². The molecule has 0 aromatic carbocycles. The molecule has 1 heterocycles. The van der Waals surface area contributed by atoms with Crippen LogP contribution >= 0.6 is 0 Å². The number of hydrogen-bond donors (Lipinski definition) is 1. The van der Waals surface area contributed by atoms with Gasteiger partial charge < -0.3 is 10.5 Å². The molecule has 4 heteroatoms. The predicted molar refractivity (Wildman–Crippen MR) is 27.4 cm³/mol. The van der Waals surface area contributed by atoms with E-state index in [0.717, 1.165) is 6.21 Å². The fraction of sp³-hybridized carbons (Fsp3) is 0.500. The molecule has 44 valence electrons. The molecule has 0 saturated carbocycles. The molecule has 1 aliphatic rings. The lowest BCUT2D eigenvalue weighted by molar-refractivity contribution is -0.136. The number of ether oxygens (including phenoxy) is 1. The number of carbonyl (C=O) groups excluding carboxylic acids is 1. The molecule has 1 aliphatic heterocycles. The van der Waals surface area contributed by atoms with Gasteiger partial charge >= 0.3 is 5.97 Å². The van der Waals surface area contributed by atoms with E-state index in [9.17, 15) is 4.79 Å². The molecule has 0 spiro atoms. The van der Waals surface area contributed by atoms with Crippen molar-refractivity contribution in [2.24, 2.45) is 10.7 Å². The molecular formula is C4H6N2O2. The van der Waals surface area contributed by atoms with Crippen LogP contribution in [0.3, 0.4) is 0 Å². The molecule has 0 aromatic rings. The average molecular weight is 114 g/mol. The van der Waals surface area contributed by atoms with Crippen molar-refractivity contribution in [3.05, 3.63) is 0 Å². The quantitative estimate of drug-likeness (QED) is 0.440. The summed E-state index contributed by atoms with van der Waals surface area (Å²) in [6.07, 6.45) is 0.708. The van der Waals surface area contributed by atoms with Crippen LogP contribution < -0.4 is 5.73 Å². The van der Waals surface area contributed by atoms with Gasteiger partial charge in [-0.2, -0.15) is 0 Å². The molecule has 0 radical (unpaired) electrons. The molecule has 0 fully saturated rings. The van der Waals surface area contributed by atoms with Crippen LogP contribution in [0, 0.1) is 0 Å². The summed E-state index contributed by atoms with van der Waals surface area (Å²) in [5.74, 6) is -0.402. The number of hydrogen-bond acceptors (Lipinski definition) is 4. The normalized spacial score (nSPS) is 26.1. The van der Waals surface area contributed by atoms with E-state index in [4.69, 9.17) is 5.73 Å². The second-order valence-corrected chi connectivity index (χ2v) is 1.41. The summed E-state index contributed by atoms with van der Waals surface area (Å²) in [4.78, 5) is 13.8. The van der Waals surface area contributed by atoms with Crippen LogP contribution in [0.25, 0.3) is 0 Å². The minimum Gasteiger partial charge on any atom is -0.434 e. The van der Waals surface area contributed by atoms with Gasteiger partial charge in [-0.05, 0) is 0 Å². The van der Waals surface area contributed by atoms with Crippen LogP contribution in [-0.4, -0.2) is 25.0 Å². The van der Waals surface area contributed by atoms with Crippen molar-refractivity contribution < 1.29 is 9.53 Å². The van der Waals surface area contributed by atoms with Crippen molar-refractivity contribution in [2.75, 3.05) is 6.54 Å². The van der Waals surface area contributed by atoms with Gasteiger partial charge in [0.05, 0.1) is 6.54 Å². The Hall–Kier alpha value is -0.900. The molecular weight excluding hydrogens is 108 g/mol. The molecule has 8 heavy (non-hydrogen) atoms. The summed E-state index contributed by atoms with van der Waals surface area (Å²) in [7, 11) is 0. The second-order valence-electron chi connectivity index (χ2n) is 1.41. The Labute approximate surface area is 46.3 Å². The minimum atomic E-state index is -0.428. The highest BCUT2D eigenvalue weighted by Gasteiger charge is 2.14. The average Bonchev–Trinajstić information content (AvgIpc) is 2.14. The molecule has 1 unspecified atom stereocenters. The molecule has 0 bridgehead atoms. The number of carbonyl (C=O) groups is 1. The third-order valence-electron chi connectivity index (χ3n) is 0.800. The third kappa shape index (κ3) is 0.840. The highest BCUT2D eigenvalue weighted by atomic mass is 16.6. The molecule has 0 aromatic heterocycles. The van der Waals surface area contributed by atoms with Crippen LogP contribution in [0.2, 0.25) is 0 Å². The Morgan fingerprint density at radius 2 is 2.75 bits per heavy atom. The van der Waals surface area contributed by atoms with Gasteiger partial charge in [0.2, 0.25) is 6.23 Å². The Morgan fingerprint density at radius 1 is 2.00 bits per heavy atom. The zero-order valence-electron chi connectivity index (χ0n) is 4.20. The van der Waals surface area contributed by atoms with Crippen LogP contribution in [0.1, 0.15) is 0 Å². The Balaban J connectivity index is 2.46. The first-order valence-electron chi connectivity index (χ1n) is 2.27. The van der Waals surface area contributed by atoms with Crippen LogP contribution in [0.15, 0.2) is 4.99 Å². The third-order valence-corrected chi connectivity index (χ3v) is 0.800. The predicted octanol–water partition coefficient (Wildman–Crippen LogP) is -1.10. The lowest BCUT2D eigenvalue weighted by Crippen LogP contribution is -2.19. The van der Waals surface area contributed by atoms with Gasteiger partial charge in [0, 0.05) is 0 Å². The van der Waals surface area contributed by atoms with E-state index >= 15 is 0 Å². The monoisotopic (exact) mass is 114 g/mol. The van der Waals surface area contributed by atoms with Gasteiger partial charge in [-0.1, -0.05) is 0 Å². The smallest absolute Gasteiger partial charge is 0.351 e. The van der Waals surface area contributed by atoms with Crippen molar-refractivity contribution in [1.82, 2.24) is 0 Å². The van der Waals surface area contributed by atoms with Crippen molar-refractivity contribution in [2.45, 2.75) is 6.23 Å². The first-order valence-corrected chi connectivity index (χ1v) is 2.27. The molecule has 4 nitrogen and oxygen atoms in total. The SMILES string of the molecule is NCC1N=CC(=O)O1. The van der Waals surface area contributed by atoms with E-state index in [-0.39, 0.29) is 6.54 Å². The number of nitrogens with zero attached hydrogens (tertiary/aromatic N) is 1. The van der Waals surface area contributed by atoms with Crippen molar-refractivity contribution in [3.8, 4) is 0 Å². The second kappa shape index (κ2) is 1.92.